The Bertz CT molecular complexity index is 507. The van der Waals surface area contributed by atoms with Crippen LogP contribution in [0.25, 0.3) is 0 Å². The third-order valence-electron chi connectivity index (χ3n) is 2.88. The number of benzene rings is 2. The van der Waals surface area contributed by atoms with Gasteiger partial charge in [-0.25, -0.2) is 8.78 Å². The Morgan fingerprint density at radius 3 is 1.37 bits per heavy atom. The van der Waals surface area contributed by atoms with E-state index >= 15 is 0 Å². The van der Waals surface area contributed by atoms with Crippen LogP contribution in [0.4, 0.5) is 8.78 Å². The van der Waals surface area contributed by atoms with Gasteiger partial charge < -0.3 is 5.11 Å². The minimum Gasteiger partial charge on any atom is -0.375 e. The van der Waals surface area contributed by atoms with E-state index in [1.807, 2.05) is 0 Å². The second-order valence-electron chi connectivity index (χ2n) is 4.08. The Balaban J connectivity index is 2.54. The number of rotatable bonds is 3. The average Bonchev–Trinajstić information content (AvgIpc) is 2.39. The van der Waals surface area contributed by atoms with E-state index in [1.165, 1.54) is 48.5 Å². The van der Waals surface area contributed by atoms with E-state index in [1.54, 1.807) is 0 Å². The maximum atomic E-state index is 13.3. The molecule has 0 aliphatic carbocycles. The van der Waals surface area contributed by atoms with Crippen LogP contribution in [0.5, 0.6) is 0 Å². The van der Waals surface area contributed by atoms with Gasteiger partial charge >= 0.3 is 0 Å². The molecule has 0 fully saturated rings. The van der Waals surface area contributed by atoms with Crippen LogP contribution in [0.1, 0.15) is 11.1 Å². The van der Waals surface area contributed by atoms with Crippen LogP contribution in [-0.2, 0) is 5.60 Å². The highest BCUT2D eigenvalue weighted by molar-refractivity contribution is 6.30. The molecule has 2 aromatic rings. The van der Waals surface area contributed by atoms with E-state index in [-0.39, 0.29) is 11.1 Å². The van der Waals surface area contributed by atoms with Gasteiger partial charge in [0.15, 0.2) is 5.60 Å². The predicted octanol–water partition coefficient (Wildman–Crippen LogP) is 4.49. The highest BCUT2D eigenvalue weighted by Gasteiger charge is 2.41. The van der Waals surface area contributed by atoms with Crippen molar-refractivity contribution in [2.75, 3.05) is 0 Å². The van der Waals surface area contributed by atoms with Crippen molar-refractivity contribution in [3.8, 4) is 0 Å². The van der Waals surface area contributed by atoms with Crippen LogP contribution in [0.3, 0.4) is 0 Å². The fourth-order valence-electron chi connectivity index (χ4n) is 1.83. The number of hydrogen-bond donors (Lipinski definition) is 1. The SMILES string of the molecule is OC(c1ccc(Cl)cc1)(c1ccc(Cl)cc1)C(F)F. The first-order chi connectivity index (χ1) is 8.94. The minimum absolute atomic E-state index is 0.0780. The molecule has 0 saturated heterocycles. The van der Waals surface area contributed by atoms with Crippen LogP contribution in [-0.4, -0.2) is 11.5 Å². The van der Waals surface area contributed by atoms with E-state index in [9.17, 15) is 13.9 Å². The smallest absolute Gasteiger partial charge is 0.275 e. The molecule has 0 aliphatic heterocycles. The Labute approximate surface area is 119 Å². The van der Waals surface area contributed by atoms with E-state index in [0.717, 1.165) is 0 Å². The molecular weight excluding hydrogens is 293 g/mol. The zero-order valence-electron chi connectivity index (χ0n) is 9.66. The summed E-state index contributed by atoms with van der Waals surface area (Å²) in [5.41, 5.74) is -2.22. The molecule has 0 bridgehead atoms. The van der Waals surface area contributed by atoms with E-state index < -0.39 is 12.0 Å². The zero-order chi connectivity index (χ0) is 14.0. The Kier molecular flexibility index (Phi) is 4.09. The molecule has 1 nitrogen and oxygen atoms in total. The molecule has 0 radical (unpaired) electrons. The maximum absolute atomic E-state index is 13.3. The second-order valence-corrected chi connectivity index (χ2v) is 4.95. The zero-order valence-corrected chi connectivity index (χ0v) is 11.2. The Morgan fingerprint density at radius 2 is 1.11 bits per heavy atom. The molecule has 0 amide bonds. The quantitative estimate of drug-likeness (QED) is 0.885. The lowest BCUT2D eigenvalue weighted by Crippen LogP contribution is -2.35. The van der Waals surface area contributed by atoms with Crippen molar-refractivity contribution in [1.82, 2.24) is 0 Å². The second kappa shape index (κ2) is 5.45. The van der Waals surface area contributed by atoms with Crippen molar-refractivity contribution in [1.29, 1.82) is 0 Å². The number of halogens is 4. The topological polar surface area (TPSA) is 20.2 Å². The predicted molar refractivity (Wildman–Crippen MR) is 71.9 cm³/mol. The van der Waals surface area contributed by atoms with Crippen molar-refractivity contribution in [3.63, 3.8) is 0 Å². The third kappa shape index (κ3) is 2.73. The van der Waals surface area contributed by atoms with Gasteiger partial charge in [-0.15, -0.1) is 0 Å². The van der Waals surface area contributed by atoms with Gasteiger partial charge in [0.1, 0.15) is 0 Å². The molecule has 0 aromatic heterocycles. The standard InChI is InChI=1S/C14H10Cl2F2O/c15-11-5-1-9(2-6-11)14(19,13(17)18)10-3-7-12(16)8-4-10/h1-8,13,19H. The first-order valence-electron chi connectivity index (χ1n) is 5.47. The van der Waals surface area contributed by atoms with Crippen LogP contribution < -0.4 is 0 Å². The molecular formula is C14H10Cl2F2O. The van der Waals surface area contributed by atoms with Gasteiger partial charge in [-0.05, 0) is 35.4 Å². The van der Waals surface area contributed by atoms with E-state index in [2.05, 4.69) is 0 Å². The van der Waals surface area contributed by atoms with Crippen LogP contribution >= 0.6 is 23.2 Å². The fourth-order valence-corrected chi connectivity index (χ4v) is 2.08. The summed E-state index contributed by atoms with van der Waals surface area (Å²) < 4.78 is 26.7. The molecule has 0 atom stereocenters. The molecule has 0 saturated carbocycles. The number of hydrogen-bond acceptors (Lipinski definition) is 1. The monoisotopic (exact) mass is 302 g/mol. The summed E-state index contributed by atoms with van der Waals surface area (Å²) in [6.07, 6.45) is -2.98. The van der Waals surface area contributed by atoms with Gasteiger partial charge in [-0.3, -0.25) is 0 Å². The van der Waals surface area contributed by atoms with Crippen molar-refractivity contribution in [2.24, 2.45) is 0 Å². The van der Waals surface area contributed by atoms with Gasteiger partial charge in [-0.1, -0.05) is 47.5 Å². The highest BCUT2D eigenvalue weighted by Crippen LogP contribution is 2.36. The summed E-state index contributed by atoms with van der Waals surface area (Å²) >= 11 is 11.4. The lowest BCUT2D eigenvalue weighted by atomic mass is 9.87. The van der Waals surface area contributed by atoms with Crippen molar-refractivity contribution in [3.05, 3.63) is 69.7 Å². The van der Waals surface area contributed by atoms with Crippen molar-refractivity contribution in [2.45, 2.75) is 12.0 Å². The summed E-state index contributed by atoms with van der Waals surface area (Å²) in [4.78, 5) is 0. The summed E-state index contributed by atoms with van der Waals surface area (Å²) in [7, 11) is 0. The first kappa shape index (κ1) is 14.3. The average molecular weight is 303 g/mol. The fraction of sp³-hybridized carbons (Fsp3) is 0.143. The summed E-state index contributed by atoms with van der Waals surface area (Å²) in [5.74, 6) is 0. The highest BCUT2D eigenvalue weighted by atomic mass is 35.5. The van der Waals surface area contributed by atoms with Gasteiger partial charge in [0.05, 0.1) is 0 Å². The van der Waals surface area contributed by atoms with Crippen LogP contribution in [0.2, 0.25) is 10.0 Å². The number of aliphatic hydroxyl groups is 1. The van der Waals surface area contributed by atoms with Gasteiger partial charge in [0.2, 0.25) is 0 Å². The van der Waals surface area contributed by atoms with E-state index in [0.29, 0.717) is 10.0 Å². The Morgan fingerprint density at radius 1 is 0.789 bits per heavy atom. The largest absolute Gasteiger partial charge is 0.375 e. The molecule has 100 valence electrons. The summed E-state index contributed by atoms with van der Waals surface area (Å²) in [5, 5.41) is 11.2. The molecule has 2 aromatic carbocycles. The van der Waals surface area contributed by atoms with Crippen molar-refractivity contribution >= 4 is 23.2 Å². The molecule has 2 rings (SSSR count). The molecule has 1 N–H and O–H groups in total. The normalized spacial score (nSPS) is 11.9. The number of alkyl halides is 2. The third-order valence-corrected chi connectivity index (χ3v) is 3.39. The molecule has 19 heavy (non-hydrogen) atoms. The Hall–Kier alpha value is -1.16. The molecule has 0 spiro atoms. The lowest BCUT2D eigenvalue weighted by molar-refractivity contribution is -0.0718. The van der Waals surface area contributed by atoms with Crippen LogP contribution in [0.15, 0.2) is 48.5 Å². The van der Waals surface area contributed by atoms with Gasteiger partial charge in [-0.2, -0.15) is 0 Å². The van der Waals surface area contributed by atoms with Crippen LogP contribution in [0, 0.1) is 0 Å². The molecule has 0 unspecified atom stereocenters. The van der Waals surface area contributed by atoms with E-state index in [4.69, 9.17) is 23.2 Å². The van der Waals surface area contributed by atoms with Crippen molar-refractivity contribution < 1.29 is 13.9 Å². The van der Waals surface area contributed by atoms with Gasteiger partial charge in [0.25, 0.3) is 6.43 Å². The van der Waals surface area contributed by atoms with Gasteiger partial charge in [0, 0.05) is 10.0 Å². The first-order valence-corrected chi connectivity index (χ1v) is 6.23. The molecule has 0 aliphatic rings. The lowest BCUT2D eigenvalue weighted by Gasteiger charge is -2.28. The molecule has 5 heteroatoms. The maximum Gasteiger partial charge on any atom is 0.275 e. The molecule has 0 heterocycles. The summed E-state index contributed by atoms with van der Waals surface area (Å²) in [6, 6.07) is 11.3. The minimum atomic E-state index is -2.98. The summed E-state index contributed by atoms with van der Waals surface area (Å²) in [6.45, 7) is 0.